The molecule has 1 aliphatic carbocycles. The van der Waals surface area contributed by atoms with E-state index in [1.54, 1.807) is 0 Å². The summed E-state index contributed by atoms with van der Waals surface area (Å²) in [5.41, 5.74) is 3.85. The van der Waals surface area contributed by atoms with Crippen LogP contribution < -0.4 is 5.73 Å². The van der Waals surface area contributed by atoms with Crippen molar-refractivity contribution < 1.29 is 5.73 Å². The maximum absolute atomic E-state index is 3.85. The second kappa shape index (κ2) is 1.43. The van der Waals surface area contributed by atoms with Gasteiger partial charge in [-0.3, -0.25) is 0 Å². The highest BCUT2D eigenvalue weighted by Crippen LogP contribution is 2.03. The van der Waals surface area contributed by atoms with Crippen LogP contribution in [0.15, 0.2) is 12.2 Å². The lowest BCUT2D eigenvalue weighted by atomic mass is 10.3. The molecule has 0 heterocycles. The normalized spacial score (nSPS) is 31.8. The van der Waals surface area contributed by atoms with Crippen LogP contribution in [0.4, 0.5) is 0 Å². The van der Waals surface area contributed by atoms with Gasteiger partial charge in [-0.2, -0.15) is 0 Å². The molecule has 34 valence electrons. The molecule has 0 bridgehead atoms. The Kier molecular flexibility index (Phi) is 0.926. The van der Waals surface area contributed by atoms with Crippen molar-refractivity contribution in [1.29, 1.82) is 0 Å². The summed E-state index contributed by atoms with van der Waals surface area (Å²) in [7, 11) is 0. The lowest BCUT2D eigenvalue weighted by Crippen LogP contribution is -2.58. The zero-order valence-corrected chi connectivity index (χ0v) is 3.85. The van der Waals surface area contributed by atoms with Crippen molar-refractivity contribution >= 4 is 0 Å². The van der Waals surface area contributed by atoms with Crippen molar-refractivity contribution in [2.45, 2.75) is 18.9 Å². The first kappa shape index (κ1) is 3.88. The molecule has 0 aromatic rings. The smallest absolute Gasteiger partial charge is 0.103 e. The van der Waals surface area contributed by atoms with Crippen molar-refractivity contribution in [1.82, 2.24) is 0 Å². The average molecular weight is 84.1 g/mol. The molecule has 1 aliphatic rings. The highest BCUT2D eigenvalue weighted by molar-refractivity contribution is 4.95. The van der Waals surface area contributed by atoms with Crippen LogP contribution in [-0.4, -0.2) is 6.04 Å². The molecule has 1 unspecified atom stereocenters. The van der Waals surface area contributed by atoms with Crippen molar-refractivity contribution in [3.63, 3.8) is 0 Å². The summed E-state index contributed by atoms with van der Waals surface area (Å²) < 4.78 is 0. The summed E-state index contributed by atoms with van der Waals surface area (Å²) >= 11 is 0. The summed E-state index contributed by atoms with van der Waals surface area (Å²) in [5, 5.41) is 0. The van der Waals surface area contributed by atoms with Gasteiger partial charge in [0.15, 0.2) is 0 Å². The molecule has 1 heteroatoms. The van der Waals surface area contributed by atoms with E-state index in [0.717, 1.165) is 0 Å². The molecule has 1 nitrogen and oxygen atoms in total. The molecule has 0 aliphatic heterocycles. The van der Waals surface area contributed by atoms with Crippen molar-refractivity contribution in [2.24, 2.45) is 0 Å². The summed E-state index contributed by atoms with van der Waals surface area (Å²) in [6.45, 7) is 0. The standard InChI is InChI=1S/C5H9N/c6-5-3-1-2-4-5/h1,3,5H,2,4,6H2/p+1. The van der Waals surface area contributed by atoms with Crippen LogP contribution in [0.25, 0.3) is 0 Å². The lowest BCUT2D eigenvalue weighted by Gasteiger charge is -1.86. The van der Waals surface area contributed by atoms with Crippen molar-refractivity contribution in [3.05, 3.63) is 12.2 Å². The van der Waals surface area contributed by atoms with Gasteiger partial charge in [-0.15, -0.1) is 0 Å². The topological polar surface area (TPSA) is 27.6 Å². The molecule has 6 heavy (non-hydrogen) atoms. The van der Waals surface area contributed by atoms with Gasteiger partial charge in [-0.05, 0) is 12.5 Å². The Morgan fingerprint density at radius 1 is 1.67 bits per heavy atom. The molecule has 0 aromatic heterocycles. The molecule has 0 saturated heterocycles. The van der Waals surface area contributed by atoms with Crippen molar-refractivity contribution in [3.8, 4) is 0 Å². The fourth-order valence-corrected chi connectivity index (χ4v) is 0.695. The summed E-state index contributed by atoms with van der Waals surface area (Å²) in [4.78, 5) is 0. The maximum Gasteiger partial charge on any atom is 0.103 e. The van der Waals surface area contributed by atoms with Gasteiger partial charge in [0.2, 0.25) is 0 Å². The van der Waals surface area contributed by atoms with E-state index in [1.165, 1.54) is 12.8 Å². The number of quaternary nitrogens is 1. The van der Waals surface area contributed by atoms with E-state index >= 15 is 0 Å². The number of allylic oxidation sites excluding steroid dienone is 1. The monoisotopic (exact) mass is 84.1 g/mol. The van der Waals surface area contributed by atoms with Crippen LogP contribution in [-0.2, 0) is 0 Å². The number of hydrogen-bond acceptors (Lipinski definition) is 0. The minimum absolute atomic E-state index is 0.616. The Hall–Kier alpha value is -0.300. The molecular formula is C5H10N+. The molecular weight excluding hydrogens is 74.1 g/mol. The summed E-state index contributed by atoms with van der Waals surface area (Å²) in [6.07, 6.45) is 6.87. The largest absolute Gasteiger partial charge is 0.352 e. The summed E-state index contributed by atoms with van der Waals surface area (Å²) in [6, 6.07) is 0.616. The van der Waals surface area contributed by atoms with E-state index in [9.17, 15) is 0 Å². The fourth-order valence-electron chi connectivity index (χ4n) is 0.695. The number of rotatable bonds is 0. The van der Waals surface area contributed by atoms with Gasteiger partial charge in [0.1, 0.15) is 6.04 Å². The Balaban J connectivity index is 2.38. The van der Waals surface area contributed by atoms with Crippen LogP contribution in [0.5, 0.6) is 0 Å². The quantitative estimate of drug-likeness (QED) is 0.398. The van der Waals surface area contributed by atoms with Gasteiger partial charge < -0.3 is 5.73 Å². The molecule has 0 amide bonds. The Morgan fingerprint density at radius 3 is 2.67 bits per heavy atom. The Bertz CT molecular complexity index is 66.3. The molecule has 0 fully saturated rings. The van der Waals surface area contributed by atoms with Gasteiger partial charge in [-0.25, -0.2) is 0 Å². The molecule has 3 N–H and O–H groups in total. The van der Waals surface area contributed by atoms with Crippen LogP contribution in [0.3, 0.4) is 0 Å². The van der Waals surface area contributed by atoms with Gasteiger partial charge in [0.25, 0.3) is 0 Å². The molecule has 0 aromatic carbocycles. The third kappa shape index (κ3) is 0.601. The highest BCUT2D eigenvalue weighted by Gasteiger charge is 2.03. The SMILES string of the molecule is [NH3+]C1C=CCC1. The molecule has 0 radical (unpaired) electrons. The average Bonchev–Trinajstić information content (AvgIpc) is 1.86. The molecule has 1 rings (SSSR count). The van der Waals surface area contributed by atoms with Gasteiger partial charge in [-0.1, -0.05) is 6.08 Å². The first-order valence-electron chi connectivity index (χ1n) is 2.39. The third-order valence-corrected chi connectivity index (χ3v) is 1.11. The van der Waals surface area contributed by atoms with E-state index in [4.69, 9.17) is 0 Å². The highest BCUT2D eigenvalue weighted by atomic mass is 14.6. The second-order valence-corrected chi connectivity index (χ2v) is 1.77. The van der Waals surface area contributed by atoms with E-state index < -0.39 is 0 Å². The van der Waals surface area contributed by atoms with Crippen LogP contribution in [0.2, 0.25) is 0 Å². The molecule has 1 atom stereocenters. The fraction of sp³-hybridized carbons (Fsp3) is 0.600. The lowest BCUT2D eigenvalue weighted by molar-refractivity contribution is -0.402. The molecule has 0 saturated carbocycles. The zero-order chi connectivity index (χ0) is 4.41. The predicted molar refractivity (Wildman–Crippen MR) is 25.1 cm³/mol. The third-order valence-electron chi connectivity index (χ3n) is 1.11. The van der Waals surface area contributed by atoms with E-state index in [1.807, 2.05) is 0 Å². The van der Waals surface area contributed by atoms with Gasteiger partial charge in [0.05, 0.1) is 0 Å². The number of hydrogen-bond donors (Lipinski definition) is 1. The van der Waals surface area contributed by atoms with E-state index in [2.05, 4.69) is 17.9 Å². The van der Waals surface area contributed by atoms with E-state index in [-0.39, 0.29) is 0 Å². The van der Waals surface area contributed by atoms with Crippen LogP contribution in [0, 0.1) is 0 Å². The van der Waals surface area contributed by atoms with Gasteiger partial charge >= 0.3 is 0 Å². The Labute approximate surface area is 37.8 Å². The second-order valence-electron chi connectivity index (χ2n) is 1.77. The zero-order valence-electron chi connectivity index (χ0n) is 3.85. The van der Waals surface area contributed by atoms with Crippen LogP contribution in [0.1, 0.15) is 12.8 Å². The minimum Gasteiger partial charge on any atom is -0.352 e. The summed E-state index contributed by atoms with van der Waals surface area (Å²) in [5.74, 6) is 0. The van der Waals surface area contributed by atoms with Gasteiger partial charge in [0, 0.05) is 6.42 Å². The van der Waals surface area contributed by atoms with E-state index in [0.29, 0.717) is 6.04 Å². The maximum atomic E-state index is 3.85. The van der Waals surface area contributed by atoms with Crippen LogP contribution >= 0.6 is 0 Å². The van der Waals surface area contributed by atoms with Crippen molar-refractivity contribution in [2.75, 3.05) is 0 Å². The first-order valence-corrected chi connectivity index (χ1v) is 2.39. The molecule has 0 spiro atoms. The predicted octanol–water partition coefficient (Wildman–Crippen LogP) is -0.0531. The first-order chi connectivity index (χ1) is 2.89. The Morgan fingerprint density at radius 2 is 2.50 bits per heavy atom. The minimum atomic E-state index is 0.616.